The lowest BCUT2D eigenvalue weighted by Crippen LogP contribution is -2.61. The summed E-state index contributed by atoms with van der Waals surface area (Å²) in [6, 6.07) is 42.9. The first-order valence-corrected chi connectivity index (χ1v) is 12.2. The van der Waals surface area contributed by atoms with E-state index in [4.69, 9.17) is 0 Å². The highest BCUT2D eigenvalue weighted by Gasteiger charge is 2.43. The van der Waals surface area contributed by atoms with Crippen LogP contribution in [0.4, 0.5) is 34.1 Å². The molecule has 0 spiro atoms. The Kier molecular flexibility index (Phi) is 4.52. The van der Waals surface area contributed by atoms with E-state index in [0.717, 1.165) is 28.2 Å². The van der Waals surface area contributed by atoms with E-state index >= 15 is 0 Å². The Hall–Kier alpha value is -4.75. The van der Waals surface area contributed by atoms with E-state index in [2.05, 4.69) is 120 Å². The van der Waals surface area contributed by atoms with E-state index < -0.39 is 0 Å². The monoisotopic (exact) mass is 459 g/mol. The number of nitriles is 1. The van der Waals surface area contributed by atoms with Crippen LogP contribution in [0, 0.1) is 18.3 Å². The van der Waals surface area contributed by atoms with Crippen molar-refractivity contribution in [1.82, 2.24) is 0 Å². The molecule has 7 rings (SSSR count). The average Bonchev–Trinajstić information content (AvgIpc) is 2.93. The summed E-state index contributed by atoms with van der Waals surface area (Å²) in [6.07, 6.45) is 0. The Morgan fingerprint density at radius 1 is 0.611 bits per heavy atom. The highest BCUT2D eigenvalue weighted by molar-refractivity contribution is 7.00. The van der Waals surface area contributed by atoms with Crippen molar-refractivity contribution in [3.8, 4) is 6.07 Å². The fourth-order valence-electron chi connectivity index (χ4n) is 5.92. The fourth-order valence-corrected chi connectivity index (χ4v) is 5.92. The van der Waals surface area contributed by atoms with Crippen molar-refractivity contribution in [2.45, 2.75) is 6.92 Å². The number of para-hydroxylation sites is 4. The minimum absolute atomic E-state index is 0.0371. The molecule has 0 saturated heterocycles. The molecule has 4 heteroatoms. The normalized spacial score (nSPS) is 12.9. The van der Waals surface area contributed by atoms with E-state index in [1.165, 1.54) is 27.9 Å². The number of rotatable bonds is 2. The average molecular weight is 459 g/mol. The number of hydrogen-bond acceptors (Lipinski definition) is 3. The smallest absolute Gasteiger partial charge is 0.252 e. The molecule has 0 aromatic heterocycles. The fraction of sp³-hybridized carbons (Fsp3) is 0.0312. The van der Waals surface area contributed by atoms with Crippen LogP contribution < -0.4 is 26.2 Å². The SMILES string of the molecule is Cc1cc2c3c(c1)N(c1ccccc1)c1c(C#N)cccc1B3c1ccccc1N2c1ccccc1. The molecule has 0 saturated carbocycles. The van der Waals surface area contributed by atoms with Crippen LogP contribution in [0.5, 0.6) is 0 Å². The molecule has 36 heavy (non-hydrogen) atoms. The molecule has 0 amide bonds. The van der Waals surface area contributed by atoms with Gasteiger partial charge in [0.25, 0.3) is 6.71 Å². The quantitative estimate of drug-likeness (QED) is 0.300. The van der Waals surface area contributed by atoms with Crippen LogP contribution in [-0.4, -0.2) is 6.71 Å². The maximum atomic E-state index is 10.2. The first kappa shape index (κ1) is 20.6. The van der Waals surface area contributed by atoms with E-state index in [9.17, 15) is 5.26 Å². The summed E-state index contributed by atoms with van der Waals surface area (Å²) in [4.78, 5) is 4.67. The first-order valence-electron chi connectivity index (χ1n) is 12.2. The maximum Gasteiger partial charge on any atom is 0.252 e. The second-order valence-electron chi connectivity index (χ2n) is 9.41. The molecular weight excluding hydrogens is 437 g/mol. The van der Waals surface area contributed by atoms with Gasteiger partial charge in [-0.2, -0.15) is 5.26 Å². The number of fused-ring (bicyclic) bond motifs is 4. The van der Waals surface area contributed by atoms with Gasteiger partial charge >= 0.3 is 0 Å². The summed E-state index contributed by atoms with van der Waals surface area (Å²) < 4.78 is 0. The molecule has 5 aromatic carbocycles. The number of aryl methyl sites for hydroxylation is 1. The zero-order valence-corrected chi connectivity index (χ0v) is 19.9. The molecular formula is C32H22BN3. The zero-order chi connectivity index (χ0) is 24.2. The van der Waals surface area contributed by atoms with E-state index in [0.29, 0.717) is 5.56 Å². The Morgan fingerprint density at radius 2 is 1.19 bits per heavy atom. The summed E-state index contributed by atoms with van der Waals surface area (Å²) in [5.41, 5.74) is 12.2. The summed E-state index contributed by atoms with van der Waals surface area (Å²) >= 11 is 0. The van der Waals surface area contributed by atoms with Crippen molar-refractivity contribution >= 4 is 57.2 Å². The second-order valence-corrected chi connectivity index (χ2v) is 9.41. The molecule has 2 aliphatic heterocycles. The van der Waals surface area contributed by atoms with Gasteiger partial charge in [0.1, 0.15) is 6.07 Å². The molecule has 0 unspecified atom stereocenters. The summed E-state index contributed by atoms with van der Waals surface area (Å²) in [5, 5.41) is 10.2. The van der Waals surface area contributed by atoms with Gasteiger partial charge in [0, 0.05) is 28.4 Å². The third-order valence-electron chi connectivity index (χ3n) is 7.29. The van der Waals surface area contributed by atoms with Crippen LogP contribution in [0.3, 0.4) is 0 Å². The zero-order valence-electron chi connectivity index (χ0n) is 19.9. The number of anilines is 6. The lowest BCUT2D eigenvalue weighted by molar-refractivity contribution is 1.23. The van der Waals surface area contributed by atoms with Gasteiger partial charge in [0.05, 0.1) is 11.3 Å². The molecule has 0 bridgehead atoms. The number of hydrogen-bond donors (Lipinski definition) is 0. The third kappa shape index (κ3) is 2.87. The maximum absolute atomic E-state index is 10.2. The summed E-state index contributed by atoms with van der Waals surface area (Å²) in [7, 11) is 0. The Morgan fingerprint density at radius 3 is 1.89 bits per heavy atom. The topological polar surface area (TPSA) is 30.3 Å². The Balaban J connectivity index is 1.63. The van der Waals surface area contributed by atoms with Crippen molar-refractivity contribution in [2.75, 3.05) is 9.80 Å². The lowest BCUT2D eigenvalue weighted by atomic mass is 9.33. The van der Waals surface area contributed by atoms with Gasteiger partial charge in [-0.25, -0.2) is 0 Å². The lowest BCUT2D eigenvalue weighted by Gasteiger charge is -2.44. The molecule has 0 radical (unpaired) electrons. The van der Waals surface area contributed by atoms with Crippen LogP contribution in [0.1, 0.15) is 11.1 Å². The van der Waals surface area contributed by atoms with Crippen molar-refractivity contribution in [2.24, 2.45) is 0 Å². The highest BCUT2D eigenvalue weighted by atomic mass is 15.2. The molecule has 0 atom stereocenters. The third-order valence-corrected chi connectivity index (χ3v) is 7.29. The van der Waals surface area contributed by atoms with E-state index in [1.54, 1.807) is 0 Å². The standard InChI is InChI=1S/C32H22BN3/c1-22-19-29-31-30(20-22)36(25-14-6-3-7-15-25)32-23(21-34)11-10-17-27(32)33(31)26-16-8-9-18-28(26)35(29)24-12-4-2-5-13-24/h2-20H,1H3. The highest BCUT2D eigenvalue weighted by Crippen LogP contribution is 2.44. The number of benzene rings is 5. The Bertz CT molecular complexity index is 1670. The number of nitrogens with zero attached hydrogens (tertiary/aromatic N) is 3. The molecule has 0 fully saturated rings. The van der Waals surface area contributed by atoms with Gasteiger partial charge in [-0.3, -0.25) is 0 Å². The van der Waals surface area contributed by atoms with Gasteiger partial charge in [0.15, 0.2) is 0 Å². The predicted octanol–water partition coefficient (Wildman–Crippen LogP) is 5.95. The Labute approximate surface area is 211 Å². The second kappa shape index (κ2) is 7.90. The minimum atomic E-state index is 0.0371. The van der Waals surface area contributed by atoms with Crippen molar-refractivity contribution in [3.63, 3.8) is 0 Å². The molecule has 2 heterocycles. The van der Waals surface area contributed by atoms with Crippen molar-refractivity contribution in [3.05, 3.63) is 126 Å². The van der Waals surface area contributed by atoms with Crippen LogP contribution in [-0.2, 0) is 0 Å². The first-order chi connectivity index (χ1) is 17.8. The van der Waals surface area contributed by atoms with Gasteiger partial charge < -0.3 is 9.80 Å². The molecule has 0 N–H and O–H groups in total. The largest absolute Gasteiger partial charge is 0.311 e. The van der Waals surface area contributed by atoms with Gasteiger partial charge in [-0.1, -0.05) is 66.7 Å². The van der Waals surface area contributed by atoms with Gasteiger partial charge in [-0.05, 0) is 77.4 Å². The molecule has 2 aliphatic rings. The van der Waals surface area contributed by atoms with Gasteiger partial charge in [-0.15, -0.1) is 0 Å². The van der Waals surface area contributed by atoms with Crippen LogP contribution in [0.25, 0.3) is 0 Å². The van der Waals surface area contributed by atoms with Gasteiger partial charge in [0.2, 0.25) is 0 Å². The molecule has 0 aliphatic carbocycles. The molecule has 5 aromatic rings. The van der Waals surface area contributed by atoms with Crippen molar-refractivity contribution < 1.29 is 0 Å². The van der Waals surface area contributed by atoms with Crippen molar-refractivity contribution in [1.29, 1.82) is 5.26 Å². The minimum Gasteiger partial charge on any atom is -0.311 e. The van der Waals surface area contributed by atoms with Crippen LogP contribution in [0.15, 0.2) is 115 Å². The van der Waals surface area contributed by atoms with E-state index in [1.807, 2.05) is 18.2 Å². The molecule has 168 valence electrons. The van der Waals surface area contributed by atoms with E-state index in [-0.39, 0.29) is 6.71 Å². The summed E-state index contributed by atoms with van der Waals surface area (Å²) in [5.74, 6) is 0. The molecule has 3 nitrogen and oxygen atoms in total. The summed E-state index contributed by atoms with van der Waals surface area (Å²) in [6.45, 7) is 2.19. The van der Waals surface area contributed by atoms with Crippen LogP contribution in [0.2, 0.25) is 0 Å². The van der Waals surface area contributed by atoms with Crippen LogP contribution >= 0.6 is 0 Å². The predicted molar refractivity (Wildman–Crippen MR) is 150 cm³/mol.